The van der Waals surface area contributed by atoms with Crippen LogP contribution in [0.15, 0.2) is 22.9 Å². The molecule has 0 N–H and O–H groups in total. The van der Waals surface area contributed by atoms with Gasteiger partial charge in [-0.25, -0.2) is 0 Å². The standard InChI is InChI=1S/C17H27BrN2O2Si/c1-17(2,3)16(22-23(4)5)14-6-7-15(21)20(14)11-12-8-13(18)10-19-9-12/h8-10,14,16,23H,6-7,11H2,1-5H3/t14-,16?/m0/s1. The average molecular weight is 399 g/mol. The predicted octanol–water partition coefficient (Wildman–Crippen LogP) is 3.75. The fourth-order valence-electron chi connectivity index (χ4n) is 3.18. The van der Waals surface area contributed by atoms with Crippen LogP contribution in [0.3, 0.4) is 0 Å². The second-order valence-corrected chi connectivity index (χ2v) is 10.9. The topological polar surface area (TPSA) is 42.4 Å². The Bertz CT molecular complexity index is 560. The molecule has 6 heteroatoms. The largest absolute Gasteiger partial charge is 0.415 e. The van der Waals surface area contributed by atoms with Crippen molar-refractivity contribution >= 4 is 30.9 Å². The Morgan fingerprint density at radius 1 is 1.43 bits per heavy atom. The van der Waals surface area contributed by atoms with Gasteiger partial charge in [-0.1, -0.05) is 20.8 Å². The van der Waals surface area contributed by atoms with Gasteiger partial charge in [-0.15, -0.1) is 0 Å². The lowest BCUT2D eigenvalue weighted by molar-refractivity contribution is -0.131. The number of carbonyl (C=O) groups is 1. The van der Waals surface area contributed by atoms with Gasteiger partial charge in [0.15, 0.2) is 9.04 Å². The highest BCUT2D eigenvalue weighted by molar-refractivity contribution is 9.10. The van der Waals surface area contributed by atoms with E-state index in [0.29, 0.717) is 13.0 Å². The first-order valence-corrected chi connectivity index (χ1v) is 11.8. The maximum atomic E-state index is 12.4. The molecule has 1 amide bonds. The van der Waals surface area contributed by atoms with Crippen LogP contribution in [0.25, 0.3) is 0 Å². The minimum Gasteiger partial charge on any atom is -0.415 e. The van der Waals surface area contributed by atoms with E-state index in [1.807, 2.05) is 17.2 Å². The maximum Gasteiger partial charge on any atom is 0.223 e. The Hall–Kier alpha value is -0.723. The van der Waals surface area contributed by atoms with Crippen molar-refractivity contribution in [3.8, 4) is 0 Å². The highest BCUT2D eigenvalue weighted by atomic mass is 79.9. The first-order valence-electron chi connectivity index (χ1n) is 8.23. The Kier molecular flexibility index (Phi) is 6.03. The third-order valence-corrected chi connectivity index (χ3v) is 5.38. The van der Waals surface area contributed by atoms with Crippen molar-refractivity contribution < 1.29 is 9.22 Å². The number of pyridine rings is 1. The van der Waals surface area contributed by atoms with Crippen molar-refractivity contribution in [1.29, 1.82) is 0 Å². The molecular formula is C17H27BrN2O2Si. The summed E-state index contributed by atoms with van der Waals surface area (Å²) in [5.41, 5.74) is 1.06. The van der Waals surface area contributed by atoms with E-state index in [1.54, 1.807) is 6.20 Å². The predicted molar refractivity (Wildman–Crippen MR) is 98.7 cm³/mol. The molecule has 1 unspecified atom stereocenters. The number of aromatic nitrogens is 1. The van der Waals surface area contributed by atoms with Crippen molar-refractivity contribution in [2.45, 2.75) is 65.4 Å². The summed E-state index contributed by atoms with van der Waals surface area (Å²) < 4.78 is 7.30. The molecular weight excluding hydrogens is 372 g/mol. The normalized spacial score (nSPS) is 20.4. The Labute approximate surface area is 149 Å². The van der Waals surface area contributed by atoms with Gasteiger partial charge in [0.25, 0.3) is 0 Å². The molecule has 1 fully saturated rings. The SMILES string of the molecule is C[SiH](C)OC([C@@H]1CCC(=O)N1Cc1cncc(Br)c1)C(C)(C)C. The van der Waals surface area contributed by atoms with Crippen LogP contribution in [0.2, 0.25) is 13.1 Å². The zero-order chi connectivity index (χ0) is 17.2. The summed E-state index contributed by atoms with van der Waals surface area (Å²) in [6, 6.07) is 2.18. The smallest absolute Gasteiger partial charge is 0.223 e. The Balaban J connectivity index is 2.23. The van der Waals surface area contributed by atoms with Crippen LogP contribution in [-0.4, -0.2) is 37.0 Å². The van der Waals surface area contributed by atoms with Crippen LogP contribution < -0.4 is 0 Å². The summed E-state index contributed by atoms with van der Waals surface area (Å²) in [5.74, 6) is 0.221. The zero-order valence-corrected chi connectivity index (χ0v) is 17.4. The molecule has 1 saturated heterocycles. The highest BCUT2D eigenvalue weighted by Crippen LogP contribution is 2.34. The van der Waals surface area contributed by atoms with Gasteiger partial charge in [0.05, 0.1) is 12.1 Å². The highest BCUT2D eigenvalue weighted by Gasteiger charge is 2.42. The number of nitrogens with zero attached hydrogens (tertiary/aromatic N) is 2. The molecule has 1 aliphatic rings. The second-order valence-electron chi connectivity index (χ2n) is 7.61. The number of hydrogen-bond donors (Lipinski definition) is 0. The first kappa shape index (κ1) is 18.6. The van der Waals surface area contributed by atoms with Gasteiger partial charge in [0.1, 0.15) is 0 Å². The minimum atomic E-state index is -1.18. The first-order chi connectivity index (χ1) is 10.7. The lowest BCUT2D eigenvalue weighted by Gasteiger charge is -2.40. The number of hydrogen-bond acceptors (Lipinski definition) is 3. The molecule has 1 aromatic rings. The molecule has 0 saturated carbocycles. The van der Waals surface area contributed by atoms with Gasteiger partial charge in [0, 0.05) is 29.8 Å². The fraction of sp³-hybridized carbons (Fsp3) is 0.647. The quantitative estimate of drug-likeness (QED) is 0.709. The van der Waals surface area contributed by atoms with E-state index in [9.17, 15) is 4.79 Å². The summed E-state index contributed by atoms with van der Waals surface area (Å²) >= 11 is 3.45. The molecule has 128 valence electrons. The van der Waals surface area contributed by atoms with E-state index in [2.05, 4.69) is 54.8 Å². The van der Waals surface area contributed by atoms with Gasteiger partial charge < -0.3 is 9.33 Å². The van der Waals surface area contributed by atoms with Gasteiger partial charge in [-0.05, 0) is 52.5 Å². The number of halogens is 1. The summed E-state index contributed by atoms with van der Waals surface area (Å²) in [6.45, 7) is 11.6. The average Bonchev–Trinajstić information content (AvgIpc) is 2.76. The van der Waals surface area contributed by atoms with Crippen molar-refractivity contribution in [3.63, 3.8) is 0 Å². The molecule has 23 heavy (non-hydrogen) atoms. The summed E-state index contributed by atoms with van der Waals surface area (Å²) in [6.07, 6.45) is 5.17. The van der Waals surface area contributed by atoms with Crippen LogP contribution in [0.4, 0.5) is 0 Å². The van der Waals surface area contributed by atoms with Gasteiger partial charge in [-0.2, -0.15) is 0 Å². The van der Waals surface area contributed by atoms with Crippen molar-refractivity contribution in [3.05, 3.63) is 28.5 Å². The van der Waals surface area contributed by atoms with Crippen LogP contribution in [0, 0.1) is 5.41 Å². The maximum absolute atomic E-state index is 12.4. The van der Waals surface area contributed by atoms with Gasteiger partial charge >= 0.3 is 0 Å². The number of rotatable bonds is 5. The van der Waals surface area contributed by atoms with E-state index < -0.39 is 9.04 Å². The molecule has 0 aliphatic carbocycles. The van der Waals surface area contributed by atoms with Gasteiger partial charge in [0.2, 0.25) is 5.91 Å². The molecule has 0 spiro atoms. The molecule has 1 aromatic heterocycles. The van der Waals surface area contributed by atoms with E-state index in [0.717, 1.165) is 16.5 Å². The number of carbonyl (C=O) groups excluding carboxylic acids is 1. The molecule has 1 aliphatic heterocycles. The molecule has 0 bridgehead atoms. The molecule has 4 nitrogen and oxygen atoms in total. The lowest BCUT2D eigenvalue weighted by Crippen LogP contribution is -2.49. The zero-order valence-electron chi connectivity index (χ0n) is 14.7. The monoisotopic (exact) mass is 398 g/mol. The molecule has 0 aromatic carbocycles. The minimum absolute atomic E-state index is 0.0142. The van der Waals surface area contributed by atoms with E-state index in [4.69, 9.17) is 4.43 Å². The Morgan fingerprint density at radius 3 is 2.70 bits per heavy atom. The molecule has 0 radical (unpaired) electrons. The molecule has 2 heterocycles. The molecule has 2 rings (SSSR count). The third kappa shape index (κ3) is 4.87. The van der Waals surface area contributed by atoms with E-state index in [1.165, 1.54) is 0 Å². The van der Waals surface area contributed by atoms with Crippen molar-refractivity contribution in [1.82, 2.24) is 9.88 Å². The summed E-state index contributed by atoms with van der Waals surface area (Å²) in [4.78, 5) is 18.6. The Morgan fingerprint density at radius 2 is 2.13 bits per heavy atom. The number of likely N-dealkylation sites (tertiary alicyclic amines) is 1. The van der Waals surface area contributed by atoms with Crippen molar-refractivity contribution in [2.75, 3.05) is 0 Å². The second kappa shape index (κ2) is 7.45. The summed E-state index contributed by atoms with van der Waals surface area (Å²) in [7, 11) is -1.18. The lowest BCUT2D eigenvalue weighted by atomic mass is 9.83. The van der Waals surface area contributed by atoms with Crippen molar-refractivity contribution in [2.24, 2.45) is 5.41 Å². The third-order valence-electron chi connectivity index (χ3n) is 4.11. The van der Waals surface area contributed by atoms with E-state index >= 15 is 0 Å². The van der Waals surface area contributed by atoms with Gasteiger partial charge in [-0.3, -0.25) is 9.78 Å². The van der Waals surface area contributed by atoms with E-state index in [-0.39, 0.29) is 23.5 Å². The molecule has 2 atom stereocenters. The number of amides is 1. The van der Waals surface area contributed by atoms with Crippen LogP contribution >= 0.6 is 15.9 Å². The summed E-state index contributed by atoms with van der Waals surface area (Å²) in [5, 5.41) is 0. The fourth-order valence-corrected chi connectivity index (χ4v) is 4.77. The van der Waals surface area contributed by atoms with Crippen LogP contribution in [-0.2, 0) is 15.8 Å². The van der Waals surface area contributed by atoms with Crippen LogP contribution in [0.5, 0.6) is 0 Å². The van der Waals surface area contributed by atoms with Crippen LogP contribution in [0.1, 0.15) is 39.2 Å².